The quantitative estimate of drug-likeness (QED) is 0.190. The van der Waals surface area contributed by atoms with E-state index < -0.39 is 5.97 Å². The molecule has 4 aromatic rings. The smallest absolute Gasteiger partial charge is 0.870 e. The number of hydrogen-bond acceptors (Lipinski definition) is 6. The second-order valence-electron chi connectivity index (χ2n) is 11.8. The zero-order valence-electron chi connectivity index (χ0n) is 27.3. The minimum absolute atomic E-state index is 0. The van der Waals surface area contributed by atoms with Gasteiger partial charge in [-0.05, 0) is 111 Å². The number of benzene rings is 2. The first-order valence-corrected chi connectivity index (χ1v) is 15.4. The Balaban J connectivity index is 0.000000235. The molecule has 2 aliphatic rings. The summed E-state index contributed by atoms with van der Waals surface area (Å²) in [5.74, 6) is -0.0317. The summed E-state index contributed by atoms with van der Waals surface area (Å²) in [6, 6.07) is 12.0. The van der Waals surface area contributed by atoms with Crippen LogP contribution in [0, 0.1) is 13.8 Å². The number of nitrogens with one attached hydrogen (secondary N) is 2. The van der Waals surface area contributed by atoms with E-state index in [0.717, 1.165) is 57.9 Å². The van der Waals surface area contributed by atoms with Crippen molar-refractivity contribution in [2.45, 2.75) is 90.9 Å². The number of ether oxygens (including phenoxy) is 1. The van der Waals surface area contributed by atoms with Crippen LogP contribution in [0.5, 0.6) is 0 Å². The number of aromatic amines is 2. The van der Waals surface area contributed by atoms with Gasteiger partial charge in [0.25, 0.3) is 0 Å². The van der Waals surface area contributed by atoms with Crippen LogP contribution in [0.1, 0.15) is 119 Å². The first-order valence-electron chi connectivity index (χ1n) is 15.4. The third kappa shape index (κ3) is 7.77. The number of carbonyl (C=O) groups excluding carboxylic acids is 1. The van der Waals surface area contributed by atoms with Crippen molar-refractivity contribution in [3.05, 3.63) is 81.2 Å². The zero-order valence-corrected chi connectivity index (χ0v) is 29.3. The summed E-state index contributed by atoms with van der Waals surface area (Å²) in [7, 11) is 1.42. The van der Waals surface area contributed by atoms with Crippen molar-refractivity contribution in [2.75, 3.05) is 7.11 Å². The van der Waals surface area contributed by atoms with Crippen LogP contribution in [-0.2, 0) is 17.6 Å². The fourth-order valence-electron chi connectivity index (χ4n) is 5.94. The van der Waals surface area contributed by atoms with E-state index in [1.165, 1.54) is 56.8 Å². The second kappa shape index (κ2) is 15.9. The minimum atomic E-state index is -0.875. The molecule has 0 bridgehead atoms. The summed E-state index contributed by atoms with van der Waals surface area (Å²) in [6.45, 7) is 8.01. The third-order valence-electron chi connectivity index (χ3n) is 9.09. The molecule has 0 radical (unpaired) electrons. The SMILES string of the molecule is CCc1cc(-c2cc(C(=O)O)c(C)cc2C2CCC2)n[nH]1.CCc1cc(-c2cc(C(=O)OC)c(C)cc2C2CCC2)n[nH]1.[Na+].[OH-]. The molecule has 0 atom stereocenters. The standard InChI is InChI=1S/C18H22N2O2.C17H20N2O2.Na.H2O/c1-4-13-9-17(20-19-13)16-10-14(18(21)22-3)11(2)8-15(16)12-6-5-7-12;1-3-12-8-16(19-18-12)15-9-13(17(20)21)10(2)7-14(15)11-5-4-6-11;;/h8-10,12H,4-7H2,1-3H3,(H,19,20);7-9,11H,3-6H2,1-2H3,(H,18,19)(H,20,21);;1H2/q;;+1;/p-1. The summed E-state index contributed by atoms with van der Waals surface area (Å²) < 4.78 is 4.91. The van der Waals surface area contributed by atoms with Gasteiger partial charge in [0.05, 0.1) is 29.6 Å². The molecule has 6 rings (SSSR count). The Kier molecular flexibility index (Phi) is 12.8. The first-order chi connectivity index (χ1) is 20.7. The van der Waals surface area contributed by atoms with E-state index >= 15 is 0 Å². The average molecular weight is 623 g/mol. The van der Waals surface area contributed by atoms with Gasteiger partial charge < -0.3 is 15.3 Å². The van der Waals surface area contributed by atoms with E-state index in [2.05, 4.69) is 46.4 Å². The van der Waals surface area contributed by atoms with Gasteiger partial charge in [-0.15, -0.1) is 0 Å². The molecule has 2 aliphatic carbocycles. The van der Waals surface area contributed by atoms with Crippen LogP contribution in [0.3, 0.4) is 0 Å². The van der Waals surface area contributed by atoms with E-state index in [0.29, 0.717) is 23.0 Å². The van der Waals surface area contributed by atoms with Gasteiger partial charge in [0, 0.05) is 22.5 Å². The Morgan fingerprint density at radius 1 is 0.778 bits per heavy atom. The van der Waals surface area contributed by atoms with E-state index in [-0.39, 0.29) is 41.0 Å². The fraction of sp³-hybridized carbons (Fsp3) is 0.429. The van der Waals surface area contributed by atoms with E-state index in [1.807, 2.05) is 32.0 Å². The number of aryl methyl sites for hydroxylation is 4. The maximum atomic E-state index is 12.0. The van der Waals surface area contributed by atoms with Crippen molar-refractivity contribution in [2.24, 2.45) is 0 Å². The van der Waals surface area contributed by atoms with Crippen molar-refractivity contribution in [3.63, 3.8) is 0 Å². The Hall–Kier alpha value is -3.24. The molecule has 234 valence electrons. The first kappa shape index (κ1) is 36.2. The van der Waals surface area contributed by atoms with Crippen molar-refractivity contribution in [1.82, 2.24) is 20.4 Å². The van der Waals surface area contributed by atoms with E-state index in [4.69, 9.17) is 4.74 Å². The van der Waals surface area contributed by atoms with Crippen LogP contribution >= 0.6 is 0 Å². The van der Waals surface area contributed by atoms with Crippen LogP contribution in [0.4, 0.5) is 0 Å². The van der Waals surface area contributed by atoms with Crippen LogP contribution in [-0.4, -0.2) is 50.0 Å². The molecule has 0 unspecified atom stereocenters. The van der Waals surface area contributed by atoms with Crippen molar-refractivity contribution >= 4 is 11.9 Å². The number of H-pyrrole nitrogens is 2. The number of carboxylic acid groups (broad SMARTS) is 1. The molecular weight excluding hydrogens is 579 g/mol. The van der Waals surface area contributed by atoms with Crippen LogP contribution in [0.2, 0.25) is 0 Å². The Morgan fingerprint density at radius 3 is 1.53 bits per heavy atom. The molecule has 2 aromatic heterocycles. The summed E-state index contributed by atoms with van der Waals surface area (Å²) in [5.41, 5.74) is 11.4. The molecule has 2 saturated carbocycles. The van der Waals surface area contributed by atoms with Gasteiger partial charge in [-0.2, -0.15) is 10.2 Å². The summed E-state index contributed by atoms with van der Waals surface area (Å²) in [6.07, 6.45) is 9.15. The largest absolute Gasteiger partial charge is 1.00 e. The van der Waals surface area contributed by atoms with Crippen LogP contribution in [0.25, 0.3) is 22.5 Å². The second-order valence-corrected chi connectivity index (χ2v) is 11.8. The Bertz CT molecular complexity index is 1630. The number of carboxylic acids is 1. The van der Waals surface area contributed by atoms with E-state index in [1.54, 1.807) is 6.07 Å². The monoisotopic (exact) mass is 622 g/mol. The number of rotatable bonds is 8. The number of carbonyl (C=O) groups is 2. The molecule has 2 fully saturated rings. The average Bonchev–Trinajstić information content (AvgIpc) is 3.61. The predicted octanol–water partition coefficient (Wildman–Crippen LogP) is 4.74. The molecule has 4 N–H and O–H groups in total. The summed E-state index contributed by atoms with van der Waals surface area (Å²) >= 11 is 0. The van der Waals surface area contributed by atoms with Gasteiger partial charge in [0.2, 0.25) is 0 Å². The number of aromatic carboxylic acids is 1. The number of aromatic nitrogens is 4. The number of esters is 1. The molecule has 2 aromatic carbocycles. The maximum Gasteiger partial charge on any atom is 1.00 e. The van der Waals surface area contributed by atoms with Crippen LogP contribution in [0.15, 0.2) is 36.4 Å². The van der Waals surface area contributed by atoms with Gasteiger partial charge in [-0.1, -0.05) is 38.8 Å². The van der Waals surface area contributed by atoms with Gasteiger partial charge in [-0.3, -0.25) is 10.2 Å². The number of methoxy groups -OCH3 is 1. The predicted molar refractivity (Wildman–Crippen MR) is 170 cm³/mol. The molecule has 2 heterocycles. The van der Waals surface area contributed by atoms with Gasteiger partial charge in [-0.25, -0.2) is 9.59 Å². The summed E-state index contributed by atoms with van der Waals surface area (Å²) in [5, 5.41) is 24.3. The molecule has 0 spiro atoms. The molecule has 9 nitrogen and oxygen atoms in total. The molecular formula is C35H43N4NaO5. The number of hydrogen-bond donors (Lipinski definition) is 3. The fourth-order valence-corrected chi connectivity index (χ4v) is 5.94. The normalized spacial score (nSPS) is 14.2. The van der Waals surface area contributed by atoms with Crippen molar-refractivity contribution in [3.8, 4) is 22.5 Å². The minimum Gasteiger partial charge on any atom is -0.870 e. The molecule has 0 amide bonds. The molecule has 0 aliphatic heterocycles. The Labute approximate surface area is 287 Å². The molecule has 0 saturated heterocycles. The number of nitrogens with zero attached hydrogens (tertiary/aromatic N) is 2. The van der Waals surface area contributed by atoms with Gasteiger partial charge in [0.15, 0.2) is 0 Å². The van der Waals surface area contributed by atoms with Crippen molar-refractivity contribution in [1.29, 1.82) is 0 Å². The van der Waals surface area contributed by atoms with Crippen molar-refractivity contribution < 1.29 is 54.5 Å². The van der Waals surface area contributed by atoms with Gasteiger partial charge >= 0.3 is 41.5 Å². The van der Waals surface area contributed by atoms with E-state index in [9.17, 15) is 14.7 Å². The molecule has 45 heavy (non-hydrogen) atoms. The van der Waals surface area contributed by atoms with Gasteiger partial charge in [0.1, 0.15) is 0 Å². The third-order valence-corrected chi connectivity index (χ3v) is 9.09. The Morgan fingerprint density at radius 2 is 1.20 bits per heavy atom. The zero-order chi connectivity index (χ0) is 30.7. The topological polar surface area (TPSA) is 151 Å². The molecule has 10 heteroatoms. The maximum absolute atomic E-state index is 12.0. The summed E-state index contributed by atoms with van der Waals surface area (Å²) in [4.78, 5) is 23.4. The van der Waals surface area contributed by atoms with Crippen LogP contribution < -0.4 is 29.6 Å².